The Balaban J connectivity index is 1.93. The van der Waals surface area contributed by atoms with Crippen LogP contribution in [-0.2, 0) is 11.2 Å². The van der Waals surface area contributed by atoms with E-state index in [2.05, 4.69) is 12.2 Å². The Hall–Kier alpha value is -0.800. The zero-order valence-electron chi connectivity index (χ0n) is 9.24. The summed E-state index contributed by atoms with van der Waals surface area (Å²) in [7, 11) is 0. The van der Waals surface area contributed by atoms with E-state index in [1.54, 1.807) is 6.26 Å². The van der Waals surface area contributed by atoms with Gasteiger partial charge < -0.3 is 14.5 Å². The van der Waals surface area contributed by atoms with E-state index in [4.69, 9.17) is 9.15 Å². The van der Waals surface area contributed by atoms with Gasteiger partial charge in [-0.1, -0.05) is 6.92 Å². The third-order valence-electron chi connectivity index (χ3n) is 3.04. The Kier molecular flexibility index (Phi) is 3.80. The maximum Gasteiger partial charge on any atom is 0.0935 e. The number of furan rings is 1. The summed E-state index contributed by atoms with van der Waals surface area (Å²) in [5, 5.41) is 3.54. The largest absolute Gasteiger partial charge is 0.472 e. The first kappa shape index (κ1) is 10.7. The highest BCUT2D eigenvalue weighted by atomic mass is 16.5. The highest BCUT2D eigenvalue weighted by Crippen LogP contribution is 2.20. The summed E-state index contributed by atoms with van der Waals surface area (Å²) < 4.78 is 10.5. The number of nitrogens with one attached hydrogen (secondary N) is 1. The standard InChI is InChI=1S/C12H19NO2/c1-2-13-12(11-4-6-15-9-11)7-10-3-5-14-8-10/h3,5,8,11-13H,2,4,6-7,9H2,1H3. The second-order valence-corrected chi connectivity index (χ2v) is 4.12. The third kappa shape index (κ3) is 2.83. The molecule has 2 heterocycles. The zero-order chi connectivity index (χ0) is 10.5. The predicted molar refractivity (Wildman–Crippen MR) is 58.8 cm³/mol. The summed E-state index contributed by atoms with van der Waals surface area (Å²) in [6.07, 6.45) is 5.79. The molecule has 1 fully saturated rings. The minimum absolute atomic E-state index is 0.523. The molecule has 2 atom stereocenters. The van der Waals surface area contributed by atoms with E-state index in [-0.39, 0.29) is 0 Å². The number of hydrogen-bond acceptors (Lipinski definition) is 3. The first-order valence-corrected chi connectivity index (χ1v) is 5.72. The minimum atomic E-state index is 0.523. The lowest BCUT2D eigenvalue weighted by molar-refractivity contribution is 0.176. The van der Waals surface area contributed by atoms with Crippen molar-refractivity contribution in [1.82, 2.24) is 5.32 Å². The Labute approximate surface area is 90.8 Å². The predicted octanol–water partition coefficient (Wildman–Crippen LogP) is 1.84. The van der Waals surface area contributed by atoms with E-state index in [0.717, 1.165) is 26.2 Å². The molecule has 0 aromatic carbocycles. The molecule has 1 saturated heterocycles. The minimum Gasteiger partial charge on any atom is -0.472 e. The Morgan fingerprint density at radius 1 is 1.60 bits per heavy atom. The quantitative estimate of drug-likeness (QED) is 0.803. The molecule has 1 aromatic heterocycles. The topological polar surface area (TPSA) is 34.4 Å². The maximum atomic E-state index is 5.44. The summed E-state index contributed by atoms with van der Waals surface area (Å²) in [5.74, 6) is 0.653. The number of rotatable bonds is 5. The van der Waals surface area contributed by atoms with Gasteiger partial charge >= 0.3 is 0 Å². The van der Waals surface area contributed by atoms with E-state index in [0.29, 0.717) is 12.0 Å². The molecule has 2 rings (SSSR count). The van der Waals surface area contributed by atoms with Gasteiger partial charge in [0.1, 0.15) is 0 Å². The van der Waals surface area contributed by atoms with Crippen LogP contribution in [0.15, 0.2) is 23.0 Å². The molecule has 0 bridgehead atoms. The molecule has 3 nitrogen and oxygen atoms in total. The molecule has 0 saturated carbocycles. The van der Waals surface area contributed by atoms with Gasteiger partial charge in [-0.15, -0.1) is 0 Å². The van der Waals surface area contributed by atoms with E-state index in [9.17, 15) is 0 Å². The summed E-state index contributed by atoms with van der Waals surface area (Å²) in [5.41, 5.74) is 1.27. The van der Waals surface area contributed by atoms with Crippen LogP contribution in [-0.4, -0.2) is 25.8 Å². The van der Waals surface area contributed by atoms with Gasteiger partial charge in [0.2, 0.25) is 0 Å². The summed E-state index contributed by atoms with van der Waals surface area (Å²) in [4.78, 5) is 0. The first-order valence-electron chi connectivity index (χ1n) is 5.72. The lowest BCUT2D eigenvalue weighted by Crippen LogP contribution is -2.38. The van der Waals surface area contributed by atoms with E-state index in [1.807, 2.05) is 12.3 Å². The van der Waals surface area contributed by atoms with Crippen LogP contribution in [0.2, 0.25) is 0 Å². The van der Waals surface area contributed by atoms with Gasteiger partial charge in [0, 0.05) is 18.6 Å². The molecule has 84 valence electrons. The Morgan fingerprint density at radius 2 is 2.53 bits per heavy atom. The molecular formula is C12H19NO2. The molecule has 3 heteroatoms. The van der Waals surface area contributed by atoms with Gasteiger partial charge in [-0.05, 0) is 31.0 Å². The molecule has 0 amide bonds. The number of likely N-dealkylation sites (N-methyl/N-ethyl adjacent to an activating group) is 1. The van der Waals surface area contributed by atoms with Crippen LogP contribution >= 0.6 is 0 Å². The fraction of sp³-hybridized carbons (Fsp3) is 0.667. The van der Waals surface area contributed by atoms with Crippen LogP contribution < -0.4 is 5.32 Å². The third-order valence-corrected chi connectivity index (χ3v) is 3.04. The highest BCUT2D eigenvalue weighted by molar-refractivity contribution is 5.08. The summed E-state index contributed by atoms with van der Waals surface area (Å²) in [6.45, 7) is 4.98. The lowest BCUT2D eigenvalue weighted by atomic mass is 9.94. The van der Waals surface area contributed by atoms with E-state index < -0.39 is 0 Å². The van der Waals surface area contributed by atoms with Gasteiger partial charge in [0.15, 0.2) is 0 Å². The molecule has 0 aliphatic carbocycles. The molecule has 1 aliphatic rings. The van der Waals surface area contributed by atoms with Crippen LogP contribution in [0.4, 0.5) is 0 Å². The molecular weight excluding hydrogens is 190 g/mol. The highest BCUT2D eigenvalue weighted by Gasteiger charge is 2.25. The fourth-order valence-corrected chi connectivity index (χ4v) is 2.20. The van der Waals surface area contributed by atoms with E-state index >= 15 is 0 Å². The second-order valence-electron chi connectivity index (χ2n) is 4.12. The van der Waals surface area contributed by atoms with Crippen molar-refractivity contribution >= 4 is 0 Å². The van der Waals surface area contributed by atoms with Crippen molar-refractivity contribution in [3.8, 4) is 0 Å². The maximum absolute atomic E-state index is 5.44. The van der Waals surface area contributed by atoms with E-state index in [1.165, 1.54) is 12.0 Å². The molecule has 0 radical (unpaired) electrons. The smallest absolute Gasteiger partial charge is 0.0935 e. The summed E-state index contributed by atoms with van der Waals surface area (Å²) in [6, 6.07) is 2.57. The average Bonchev–Trinajstić information content (AvgIpc) is 2.89. The molecule has 0 spiro atoms. The lowest BCUT2D eigenvalue weighted by Gasteiger charge is -2.22. The summed E-state index contributed by atoms with van der Waals surface area (Å²) >= 11 is 0. The van der Waals surface area contributed by atoms with Crippen molar-refractivity contribution < 1.29 is 9.15 Å². The van der Waals surface area contributed by atoms with Gasteiger partial charge in [-0.25, -0.2) is 0 Å². The molecule has 1 N–H and O–H groups in total. The number of hydrogen-bond donors (Lipinski definition) is 1. The van der Waals surface area contributed by atoms with Crippen molar-refractivity contribution in [3.63, 3.8) is 0 Å². The van der Waals surface area contributed by atoms with Crippen molar-refractivity contribution in [1.29, 1.82) is 0 Å². The molecule has 1 aliphatic heterocycles. The van der Waals surface area contributed by atoms with Crippen molar-refractivity contribution in [2.45, 2.75) is 25.8 Å². The van der Waals surface area contributed by atoms with Crippen LogP contribution in [0.3, 0.4) is 0 Å². The molecule has 1 aromatic rings. The van der Waals surface area contributed by atoms with Crippen LogP contribution in [0.25, 0.3) is 0 Å². The first-order chi connectivity index (χ1) is 7.40. The Bertz CT molecular complexity index is 265. The van der Waals surface area contributed by atoms with Gasteiger partial charge in [0.05, 0.1) is 19.1 Å². The molecule has 15 heavy (non-hydrogen) atoms. The van der Waals surface area contributed by atoms with Gasteiger partial charge in [-0.2, -0.15) is 0 Å². The Morgan fingerprint density at radius 3 is 3.13 bits per heavy atom. The van der Waals surface area contributed by atoms with Crippen molar-refractivity contribution in [2.75, 3.05) is 19.8 Å². The van der Waals surface area contributed by atoms with Gasteiger partial charge in [0.25, 0.3) is 0 Å². The molecule has 2 unspecified atom stereocenters. The van der Waals surface area contributed by atoms with Crippen LogP contribution in [0.5, 0.6) is 0 Å². The number of ether oxygens (including phenoxy) is 1. The fourth-order valence-electron chi connectivity index (χ4n) is 2.20. The van der Waals surface area contributed by atoms with Crippen molar-refractivity contribution in [3.05, 3.63) is 24.2 Å². The SMILES string of the molecule is CCNC(Cc1ccoc1)C1CCOC1. The zero-order valence-corrected chi connectivity index (χ0v) is 9.24. The average molecular weight is 209 g/mol. The van der Waals surface area contributed by atoms with Crippen molar-refractivity contribution in [2.24, 2.45) is 5.92 Å². The second kappa shape index (κ2) is 5.33. The monoisotopic (exact) mass is 209 g/mol. The van der Waals surface area contributed by atoms with Crippen LogP contribution in [0.1, 0.15) is 18.9 Å². The normalized spacial score (nSPS) is 23.1. The van der Waals surface area contributed by atoms with Gasteiger partial charge in [-0.3, -0.25) is 0 Å². The van der Waals surface area contributed by atoms with Crippen LogP contribution in [0, 0.1) is 5.92 Å².